The Kier molecular flexibility index (Phi) is 7.10. The van der Waals surface area contributed by atoms with Crippen LogP contribution in [0.2, 0.25) is 0 Å². The van der Waals surface area contributed by atoms with E-state index >= 15 is 0 Å². The number of carboxylic acid groups (broad SMARTS) is 1. The van der Waals surface area contributed by atoms with Crippen LogP contribution in [-0.2, 0) is 0 Å². The summed E-state index contributed by atoms with van der Waals surface area (Å²) in [5, 5.41) is 11.4. The van der Waals surface area contributed by atoms with Crippen molar-refractivity contribution < 1.29 is 19.1 Å². The summed E-state index contributed by atoms with van der Waals surface area (Å²) in [6.45, 7) is 0.585. The zero-order valence-electron chi connectivity index (χ0n) is 11.0. The highest BCUT2D eigenvalue weighted by Gasteiger charge is 2.13. The molecule has 0 atom stereocenters. The number of hydrogen-bond donors (Lipinski definition) is 2. The van der Waals surface area contributed by atoms with Crippen LogP contribution >= 0.6 is 11.8 Å². The maximum absolute atomic E-state index is 11.6. The fourth-order valence-corrected chi connectivity index (χ4v) is 2.08. The summed E-state index contributed by atoms with van der Waals surface area (Å²) in [6.07, 6.45) is 6.47. The van der Waals surface area contributed by atoms with E-state index in [4.69, 9.17) is 9.52 Å². The minimum Gasteiger partial charge on any atom is -0.475 e. The highest BCUT2D eigenvalue weighted by atomic mass is 32.2. The van der Waals surface area contributed by atoms with E-state index in [2.05, 4.69) is 11.6 Å². The van der Waals surface area contributed by atoms with Gasteiger partial charge in [-0.15, -0.1) is 0 Å². The van der Waals surface area contributed by atoms with Gasteiger partial charge >= 0.3 is 5.97 Å². The maximum atomic E-state index is 11.6. The first-order chi connectivity index (χ1) is 9.15. The van der Waals surface area contributed by atoms with Crippen molar-refractivity contribution in [3.8, 4) is 0 Å². The van der Waals surface area contributed by atoms with Gasteiger partial charge in [-0.3, -0.25) is 4.79 Å². The molecule has 0 radical (unpaired) electrons. The average molecular weight is 285 g/mol. The van der Waals surface area contributed by atoms with E-state index in [1.165, 1.54) is 30.7 Å². The molecule has 0 fully saturated rings. The molecule has 0 aliphatic carbocycles. The van der Waals surface area contributed by atoms with E-state index in [0.29, 0.717) is 6.54 Å². The smallest absolute Gasteiger partial charge is 0.371 e. The molecule has 1 heterocycles. The molecule has 0 saturated heterocycles. The third kappa shape index (κ3) is 5.83. The minimum absolute atomic E-state index is 0.0415. The molecule has 0 saturated carbocycles. The Morgan fingerprint density at radius 2 is 1.89 bits per heavy atom. The molecule has 0 aromatic carbocycles. The van der Waals surface area contributed by atoms with Gasteiger partial charge in [0.15, 0.2) is 5.76 Å². The van der Waals surface area contributed by atoms with E-state index in [9.17, 15) is 9.59 Å². The Labute approximate surface area is 116 Å². The summed E-state index contributed by atoms with van der Waals surface area (Å²) in [7, 11) is 0. The van der Waals surface area contributed by atoms with E-state index in [-0.39, 0.29) is 17.4 Å². The predicted molar refractivity (Wildman–Crippen MR) is 74.9 cm³/mol. The lowest BCUT2D eigenvalue weighted by Gasteiger charge is -2.03. The number of carboxylic acids is 1. The number of nitrogens with one attached hydrogen (secondary N) is 1. The van der Waals surface area contributed by atoms with Gasteiger partial charge in [-0.25, -0.2) is 4.79 Å². The molecule has 0 spiro atoms. The number of carbonyl (C=O) groups excluding carboxylic acids is 1. The van der Waals surface area contributed by atoms with Gasteiger partial charge in [0.25, 0.3) is 5.91 Å². The molecule has 1 aromatic heterocycles. The lowest BCUT2D eigenvalue weighted by Crippen LogP contribution is -2.23. The Morgan fingerprint density at radius 1 is 1.21 bits per heavy atom. The zero-order valence-corrected chi connectivity index (χ0v) is 11.8. The summed E-state index contributed by atoms with van der Waals surface area (Å²) in [5.41, 5.74) is 0. The second kappa shape index (κ2) is 8.63. The van der Waals surface area contributed by atoms with Gasteiger partial charge < -0.3 is 14.8 Å². The highest BCUT2D eigenvalue weighted by Crippen LogP contribution is 2.08. The van der Waals surface area contributed by atoms with Crippen LogP contribution in [0.1, 0.15) is 46.8 Å². The van der Waals surface area contributed by atoms with Crippen molar-refractivity contribution in [2.45, 2.75) is 25.7 Å². The number of furan rings is 1. The fraction of sp³-hybridized carbons (Fsp3) is 0.538. The molecule has 1 rings (SSSR count). The Hall–Kier alpha value is -1.43. The van der Waals surface area contributed by atoms with Gasteiger partial charge in [-0.1, -0.05) is 12.8 Å². The fourth-order valence-electron chi connectivity index (χ4n) is 1.59. The summed E-state index contributed by atoms with van der Waals surface area (Å²) < 4.78 is 4.90. The molecule has 2 N–H and O–H groups in total. The minimum atomic E-state index is -1.17. The van der Waals surface area contributed by atoms with Crippen molar-refractivity contribution >= 4 is 23.6 Å². The molecule has 1 amide bonds. The lowest BCUT2D eigenvalue weighted by atomic mass is 10.2. The van der Waals surface area contributed by atoms with E-state index in [0.717, 1.165) is 12.8 Å². The van der Waals surface area contributed by atoms with Gasteiger partial charge in [0.05, 0.1) is 0 Å². The lowest BCUT2D eigenvalue weighted by molar-refractivity contribution is 0.0659. The SMILES string of the molecule is CSCCCCCCNC(=O)c1ccc(C(=O)O)o1. The topological polar surface area (TPSA) is 79.5 Å². The Balaban J connectivity index is 2.18. The van der Waals surface area contributed by atoms with E-state index < -0.39 is 5.97 Å². The zero-order chi connectivity index (χ0) is 14.1. The average Bonchev–Trinajstić information content (AvgIpc) is 2.87. The van der Waals surface area contributed by atoms with Crippen LogP contribution in [0, 0.1) is 0 Å². The first-order valence-corrected chi connectivity index (χ1v) is 7.65. The van der Waals surface area contributed by atoms with E-state index in [1.54, 1.807) is 0 Å². The number of amides is 1. The Bertz CT molecular complexity index is 417. The van der Waals surface area contributed by atoms with Crippen molar-refractivity contribution in [3.05, 3.63) is 23.7 Å². The predicted octanol–water partition coefficient (Wildman–Crippen LogP) is 2.63. The van der Waals surface area contributed by atoms with Crippen molar-refractivity contribution in [1.82, 2.24) is 5.32 Å². The van der Waals surface area contributed by atoms with Crippen molar-refractivity contribution in [3.63, 3.8) is 0 Å². The van der Waals surface area contributed by atoms with Gasteiger partial charge in [0.2, 0.25) is 5.76 Å². The molecular weight excluding hydrogens is 266 g/mol. The summed E-state index contributed by atoms with van der Waals surface area (Å²) in [6, 6.07) is 2.65. The van der Waals surface area contributed by atoms with Gasteiger partial charge in [-0.2, -0.15) is 11.8 Å². The number of aromatic carboxylic acids is 1. The van der Waals surface area contributed by atoms with Gasteiger partial charge in [0.1, 0.15) is 0 Å². The Morgan fingerprint density at radius 3 is 2.53 bits per heavy atom. The number of rotatable bonds is 9. The van der Waals surface area contributed by atoms with Crippen LogP contribution in [0.3, 0.4) is 0 Å². The van der Waals surface area contributed by atoms with Gasteiger partial charge in [0, 0.05) is 6.54 Å². The largest absolute Gasteiger partial charge is 0.475 e. The molecule has 6 heteroatoms. The quantitative estimate of drug-likeness (QED) is 0.682. The molecule has 0 bridgehead atoms. The summed E-state index contributed by atoms with van der Waals surface area (Å²) >= 11 is 1.84. The van der Waals surface area contributed by atoms with Crippen LogP contribution in [-0.4, -0.2) is 35.5 Å². The molecule has 0 unspecified atom stereocenters. The second-order valence-electron chi connectivity index (χ2n) is 4.13. The normalized spacial score (nSPS) is 10.4. The number of unbranched alkanes of at least 4 members (excludes halogenated alkanes) is 3. The summed E-state index contributed by atoms with van der Waals surface area (Å²) in [4.78, 5) is 22.2. The monoisotopic (exact) mass is 285 g/mol. The van der Waals surface area contributed by atoms with Crippen LogP contribution in [0.15, 0.2) is 16.5 Å². The van der Waals surface area contributed by atoms with Crippen LogP contribution < -0.4 is 5.32 Å². The van der Waals surface area contributed by atoms with Crippen LogP contribution in [0.4, 0.5) is 0 Å². The third-order valence-corrected chi connectivity index (χ3v) is 3.30. The van der Waals surface area contributed by atoms with Crippen molar-refractivity contribution in [2.24, 2.45) is 0 Å². The molecular formula is C13H19NO4S. The van der Waals surface area contributed by atoms with Gasteiger partial charge in [-0.05, 0) is 37.0 Å². The van der Waals surface area contributed by atoms with Crippen LogP contribution in [0.5, 0.6) is 0 Å². The first-order valence-electron chi connectivity index (χ1n) is 6.25. The third-order valence-electron chi connectivity index (χ3n) is 2.60. The molecule has 1 aromatic rings. The number of carbonyl (C=O) groups is 2. The number of hydrogen-bond acceptors (Lipinski definition) is 4. The molecule has 5 nitrogen and oxygen atoms in total. The number of thioether (sulfide) groups is 1. The molecule has 0 aliphatic rings. The molecule has 0 aliphatic heterocycles. The molecule has 19 heavy (non-hydrogen) atoms. The van der Waals surface area contributed by atoms with Crippen molar-refractivity contribution in [2.75, 3.05) is 18.6 Å². The second-order valence-corrected chi connectivity index (χ2v) is 5.12. The maximum Gasteiger partial charge on any atom is 0.371 e. The molecule has 106 valence electrons. The van der Waals surface area contributed by atoms with Crippen LogP contribution in [0.25, 0.3) is 0 Å². The highest BCUT2D eigenvalue weighted by molar-refractivity contribution is 7.98. The van der Waals surface area contributed by atoms with Crippen molar-refractivity contribution in [1.29, 1.82) is 0 Å². The summed E-state index contributed by atoms with van der Waals surface area (Å²) in [5.74, 6) is -0.539. The van der Waals surface area contributed by atoms with E-state index in [1.807, 2.05) is 11.8 Å². The standard InChI is InChI=1S/C13H19NO4S/c1-19-9-5-3-2-4-8-14-12(15)10-6-7-11(18-10)13(16)17/h6-7H,2-5,8-9H2,1H3,(H,14,15)(H,16,17). The first kappa shape index (κ1) is 15.6.